The number of fused-ring (bicyclic) bond motifs is 1. The molecule has 1 N–H and O–H groups in total. The predicted octanol–water partition coefficient (Wildman–Crippen LogP) is 4.85. The summed E-state index contributed by atoms with van der Waals surface area (Å²) < 4.78 is 32.9. The van der Waals surface area contributed by atoms with Crippen LogP contribution in [0, 0.1) is 11.6 Å². The first-order valence-corrected chi connectivity index (χ1v) is 11.2. The summed E-state index contributed by atoms with van der Waals surface area (Å²) in [5.74, 6) is -2.74. The van der Waals surface area contributed by atoms with Gasteiger partial charge in [-0.2, -0.15) is 0 Å². The van der Waals surface area contributed by atoms with Crippen molar-refractivity contribution in [2.45, 2.75) is 19.9 Å². The number of ether oxygens (including phenoxy) is 1. The van der Waals surface area contributed by atoms with Crippen molar-refractivity contribution in [3.8, 4) is 11.1 Å². The highest BCUT2D eigenvalue weighted by Gasteiger charge is 2.22. The highest BCUT2D eigenvalue weighted by molar-refractivity contribution is 6.36. The molecule has 9 heteroatoms. The lowest BCUT2D eigenvalue weighted by molar-refractivity contribution is -0.144. The number of carbonyl (C=O) groups is 2. The number of carbonyl (C=O) groups excluding carboxylic acids is 2. The van der Waals surface area contributed by atoms with E-state index in [0.717, 1.165) is 17.3 Å². The van der Waals surface area contributed by atoms with E-state index in [0.29, 0.717) is 26.1 Å². The molecule has 0 saturated carbocycles. The van der Waals surface area contributed by atoms with Crippen LogP contribution in [-0.4, -0.2) is 41.5 Å². The first-order chi connectivity index (χ1) is 16.4. The first kappa shape index (κ1) is 23.8. The Balaban J connectivity index is 1.50. The number of nitrogens with one attached hydrogen (secondary N) is 1. The van der Waals surface area contributed by atoms with Gasteiger partial charge < -0.3 is 10.1 Å². The molecular formula is C25H22ClF2N3O3. The minimum absolute atomic E-state index is 0.000349. The van der Waals surface area contributed by atoms with Crippen LogP contribution in [0.25, 0.3) is 11.1 Å². The highest BCUT2D eigenvalue weighted by Crippen LogP contribution is 2.35. The van der Waals surface area contributed by atoms with Crippen molar-refractivity contribution in [1.29, 1.82) is 0 Å². The third-order valence-corrected chi connectivity index (χ3v) is 5.91. The molecule has 1 aromatic heterocycles. The Morgan fingerprint density at radius 2 is 1.88 bits per heavy atom. The van der Waals surface area contributed by atoms with E-state index in [1.165, 1.54) is 12.1 Å². The van der Waals surface area contributed by atoms with Crippen molar-refractivity contribution in [2.75, 3.05) is 25.0 Å². The zero-order valence-electron chi connectivity index (χ0n) is 18.4. The van der Waals surface area contributed by atoms with Gasteiger partial charge in [0.2, 0.25) is 0 Å². The van der Waals surface area contributed by atoms with Gasteiger partial charge in [-0.05, 0) is 30.7 Å². The monoisotopic (exact) mass is 485 g/mol. The zero-order valence-corrected chi connectivity index (χ0v) is 19.2. The van der Waals surface area contributed by atoms with Gasteiger partial charge in [0, 0.05) is 36.3 Å². The van der Waals surface area contributed by atoms with Gasteiger partial charge in [-0.3, -0.25) is 14.5 Å². The molecule has 0 saturated heterocycles. The van der Waals surface area contributed by atoms with Crippen LogP contribution in [0.3, 0.4) is 0 Å². The standard InChI is InChI=1S/C25H22ClF2N3O3/c1-2-34-22(32)14-31-12-11-19-15(13-31)9-10-21(29-19)25(33)30-20-8-4-5-16(23(20)26)17-6-3-7-18(27)24(17)28/h3-10H,2,11-14H2,1H3,(H,30,33). The van der Waals surface area contributed by atoms with E-state index in [1.54, 1.807) is 31.2 Å². The van der Waals surface area contributed by atoms with Crippen molar-refractivity contribution < 1.29 is 23.1 Å². The van der Waals surface area contributed by atoms with Gasteiger partial charge in [0.05, 0.1) is 23.9 Å². The number of rotatable bonds is 6. The highest BCUT2D eigenvalue weighted by atomic mass is 35.5. The number of halogens is 3. The van der Waals surface area contributed by atoms with E-state index in [4.69, 9.17) is 16.3 Å². The van der Waals surface area contributed by atoms with Crippen molar-refractivity contribution in [3.63, 3.8) is 0 Å². The number of amides is 1. The maximum absolute atomic E-state index is 14.3. The van der Waals surface area contributed by atoms with E-state index in [1.807, 2.05) is 11.0 Å². The van der Waals surface area contributed by atoms with Gasteiger partial charge in [-0.25, -0.2) is 13.8 Å². The maximum Gasteiger partial charge on any atom is 0.320 e. The molecule has 0 unspecified atom stereocenters. The van der Waals surface area contributed by atoms with Gasteiger partial charge >= 0.3 is 5.97 Å². The summed E-state index contributed by atoms with van der Waals surface area (Å²) in [4.78, 5) is 31.1. The molecule has 176 valence electrons. The number of pyridine rings is 1. The van der Waals surface area contributed by atoms with Crippen LogP contribution in [0.5, 0.6) is 0 Å². The molecule has 2 heterocycles. The van der Waals surface area contributed by atoms with Crippen LogP contribution < -0.4 is 5.32 Å². The van der Waals surface area contributed by atoms with Crippen molar-refractivity contribution >= 4 is 29.2 Å². The summed E-state index contributed by atoms with van der Waals surface area (Å²) in [7, 11) is 0. The van der Waals surface area contributed by atoms with Crippen molar-refractivity contribution in [1.82, 2.24) is 9.88 Å². The minimum Gasteiger partial charge on any atom is -0.465 e. The Labute approximate surface area is 200 Å². The summed E-state index contributed by atoms with van der Waals surface area (Å²) >= 11 is 6.43. The Morgan fingerprint density at radius 3 is 2.68 bits per heavy atom. The van der Waals surface area contributed by atoms with E-state index >= 15 is 0 Å². The van der Waals surface area contributed by atoms with Crippen LogP contribution in [0.4, 0.5) is 14.5 Å². The fourth-order valence-electron chi connectivity index (χ4n) is 3.86. The maximum atomic E-state index is 14.3. The van der Waals surface area contributed by atoms with Crippen LogP contribution in [0.1, 0.15) is 28.7 Å². The van der Waals surface area contributed by atoms with E-state index < -0.39 is 17.5 Å². The smallest absolute Gasteiger partial charge is 0.320 e. The average molecular weight is 486 g/mol. The Morgan fingerprint density at radius 1 is 1.12 bits per heavy atom. The Bertz CT molecular complexity index is 1250. The molecule has 0 aliphatic carbocycles. The Hall–Kier alpha value is -3.36. The lowest BCUT2D eigenvalue weighted by atomic mass is 10.0. The number of anilines is 1. The molecule has 0 atom stereocenters. The number of esters is 1. The molecule has 3 aromatic rings. The molecule has 0 spiro atoms. The van der Waals surface area contributed by atoms with Crippen LogP contribution >= 0.6 is 11.6 Å². The van der Waals surface area contributed by atoms with E-state index in [2.05, 4.69) is 10.3 Å². The fraction of sp³-hybridized carbons (Fsp3) is 0.240. The number of benzene rings is 2. The second-order valence-corrected chi connectivity index (χ2v) is 8.17. The van der Waals surface area contributed by atoms with Gasteiger partial charge in [-0.1, -0.05) is 41.9 Å². The fourth-order valence-corrected chi connectivity index (χ4v) is 4.13. The summed E-state index contributed by atoms with van der Waals surface area (Å²) in [6.45, 7) is 3.47. The van der Waals surface area contributed by atoms with Gasteiger partial charge in [0.25, 0.3) is 5.91 Å². The number of hydrogen-bond acceptors (Lipinski definition) is 5. The third kappa shape index (κ3) is 5.08. The van der Waals surface area contributed by atoms with E-state index in [9.17, 15) is 18.4 Å². The largest absolute Gasteiger partial charge is 0.465 e. The molecule has 1 aliphatic heterocycles. The second-order valence-electron chi connectivity index (χ2n) is 7.79. The number of nitrogens with zero attached hydrogens (tertiary/aromatic N) is 2. The molecular weight excluding hydrogens is 464 g/mol. The normalized spacial score (nSPS) is 13.3. The van der Waals surface area contributed by atoms with Gasteiger partial charge in [0.15, 0.2) is 11.6 Å². The van der Waals surface area contributed by atoms with E-state index in [-0.39, 0.29) is 40.0 Å². The topological polar surface area (TPSA) is 71.5 Å². The Kier molecular flexibility index (Phi) is 7.19. The van der Waals surface area contributed by atoms with Gasteiger partial charge in [0.1, 0.15) is 5.69 Å². The summed E-state index contributed by atoms with van der Waals surface area (Å²) in [6.07, 6.45) is 0.588. The summed E-state index contributed by atoms with van der Waals surface area (Å²) in [5.41, 5.74) is 2.45. The molecule has 4 rings (SSSR count). The number of aromatic nitrogens is 1. The molecule has 0 bridgehead atoms. The number of hydrogen-bond donors (Lipinski definition) is 1. The molecule has 1 aliphatic rings. The molecule has 2 aromatic carbocycles. The van der Waals surface area contributed by atoms with Crippen LogP contribution in [-0.2, 0) is 22.5 Å². The predicted molar refractivity (Wildman–Crippen MR) is 125 cm³/mol. The zero-order chi connectivity index (χ0) is 24.2. The summed E-state index contributed by atoms with van der Waals surface area (Å²) in [5, 5.41) is 2.80. The SMILES string of the molecule is CCOC(=O)CN1CCc2nc(C(=O)Nc3cccc(-c4cccc(F)c4F)c3Cl)ccc2C1. The average Bonchev–Trinajstić information content (AvgIpc) is 2.82. The first-order valence-electron chi connectivity index (χ1n) is 10.8. The third-order valence-electron chi connectivity index (χ3n) is 5.51. The minimum atomic E-state index is -1.01. The van der Waals surface area contributed by atoms with Crippen LogP contribution in [0.2, 0.25) is 5.02 Å². The lowest BCUT2D eigenvalue weighted by Crippen LogP contribution is -2.36. The molecule has 0 radical (unpaired) electrons. The summed E-state index contributed by atoms with van der Waals surface area (Å²) in [6, 6.07) is 12.0. The second kappa shape index (κ2) is 10.3. The van der Waals surface area contributed by atoms with Crippen LogP contribution in [0.15, 0.2) is 48.5 Å². The molecule has 1 amide bonds. The molecule has 6 nitrogen and oxygen atoms in total. The molecule has 0 fully saturated rings. The molecule has 34 heavy (non-hydrogen) atoms. The van der Waals surface area contributed by atoms with Crippen molar-refractivity contribution in [2.24, 2.45) is 0 Å². The lowest BCUT2D eigenvalue weighted by Gasteiger charge is -2.27. The quantitative estimate of drug-likeness (QED) is 0.505. The van der Waals surface area contributed by atoms with Crippen molar-refractivity contribution in [3.05, 3.63) is 82.1 Å². The van der Waals surface area contributed by atoms with Gasteiger partial charge in [-0.15, -0.1) is 0 Å².